The number of aromatic nitrogens is 1. The topological polar surface area (TPSA) is 56.6 Å². The molecule has 4 nitrogen and oxygen atoms in total. The normalized spacial score (nSPS) is 10.9. The van der Waals surface area contributed by atoms with Crippen molar-refractivity contribution in [3.05, 3.63) is 36.0 Å². The summed E-state index contributed by atoms with van der Waals surface area (Å²) in [5, 5.41) is 20.6. The molecule has 0 unspecified atom stereocenters. The maximum Gasteiger partial charge on any atom is 0.136 e. The van der Waals surface area contributed by atoms with E-state index in [1.807, 2.05) is 24.3 Å². The summed E-state index contributed by atoms with van der Waals surface area (Å²) in [7, 11) is 0. The lowest BCUT2D eigenvalue weighted by atomic mass is 10.1. The number of nitrogens with zero attached hydrogens (tertiary/aromatic N) is 2. The summed E-state index contributed by atoms with van der Waals surface area (Å²) < 4.78 is 0. The van der Waals surface area contributed by atoms with E-state index >= 15 is 0 Å². The van der Waals surface area contributed by atoms with Gasteiger partial charge in [-0.1, -0.05) is 31.2 Å². The quantitative estimate of drug-likeness (QED) is 0.833. The van der Waals surface area contributed by atoms with Gasteiger partial charge in [0.05, 0.1) is 13.2 Å². The fourth-order valence-corrected chi connectivity index (χ4v) is 2.33. The maximum absolute atomic E-state index is 9.38. The van der Waals surface area contributed by atoms with Gasteiger partial charge in [0, 0.05) is 30.2 Å². The van der Waals surface area contributed by atoms with Gasteiger partial charge in [-0.25, -0.2) is 4.98 Å². The fraction of sp³-hybridized carbons (Fsp3) is 0.400. The van der Waals surface area contributed by atoms with Gasteiger partial charge in [0.25, 0.3) is 0 Å². The number of rotatable bonds is 6. The first-order chi connectivity index (χ1) is 9.31. The largest absolute Gasteiger partial charge is 0.395 e. The molecule has 2 rings (SSSR count). The number of pyridine rings is 1. The van der Waals surface area contributed by atoms with Crippen LogP contribution in [0.3, 0.4) is 0 Å². The standard InChI is InChI=1S/C15H20N2O2/c1-2-7-17(8-9-18)15-14-6-4-3-5-13(14)12(11-19)10-16-15/h3-6,10,18-19H,2,7-9,11H2,1H3. The summed E-state index contributed by atoms with van der Waals surface area (Å²) in [5.41, 5.74) is 0.833. The second kappa shape index (κ2) is 6.50. The highest BCUT2D eigenvalue weighted by Crippen LogP contribution is 2.27. The molecule has 2 N–H and O–H groups in total. The number of anilines is 1. The number of hydrogen-bond acceptors (Lipinski definition) is 4. The Morgan fingerprint density at radius 3 is 2.47 bits per heavy atom. The van der Waals surface area contributed by atoms with Gasteiger partial charge in [0.2, 0.25) is 0 Å². The molecule has 0 radical (unpaired) electrons. The highest BCUT2D eigenvalue weighted by atomic mass is 16.3. The molecule has 0 aliphatic rings. The Morgan fingerprint density at radius 1 is 1.11 bits per heavy atom. The van der Waals surface area contributed by atoms with Gasteiger partial charge in [-0.05, 0) is 11.8 Å². The molecule has 19 heavy (non-hydrogen) atoms. The molecular weight excluding hydrogens is 240 g/mol. The summed E-state index contributed by atoms with van der Waals surface area (Å²) in [4.78, 5) is 6.56. The lowest BCUT2D eigenvalue weighted by Gasteiger charge is -2.24. The molecule has 1 aromatic heterocycles. The monoisotopic (exact) mass is 260 g/mol. The van der Waals surface area contributed by atoms with E-state index < -0.39 is 0 Å². The van der Waals surface area contributed by atoms with Crippen molar-refractivity contribution < 1.29 is 10.2 Å². The molecule has 1 heterocycles. The summed E-state index contributed by atoms with van der Waals surface area (Å²) in [6.07, 6.45) is 2.72. The maximum atomic E-state index is 9.38. The summed E-state index contributed by atoms with van der Waals surface area (Å²) in [5.74, 6) is 0.878. The zero-order chi connectivity index (χ0) is 13.7. The van der Waals surface area contributed by atoms with Gasteiger partial charge in [-0.3, -0.25) is 0 Å². The van der Waals surface area contributed by atoms with E-state index in [1.54, 1.807) is 6.20 Å². The van der Waals surface area contributed by atoms with Crippen molar-refractivity contribution in [1.29, 1.82) is 0 Å². The van der Waals surface area contributed by atoms with Gasteiger partial charge in [-0.2, -0.15) is 0 Å². The van der Waals surface area contributed by atoms with Crippen molar-refractivity contribution in [2.45, 2.75) is 20.0 Å². The van der Waals surface area contributed by atoms with Crippen LogP contribution in [-0.4, -0.2) is 34.9 Å². The number of benzene rings is 1. The van der Waals surface area contributed by atoms with Gasteiger partial charge in [-0.15, -0.1) is 0 Å². The molecule has 0 saturated heterocycles. The molecule has 4 heteroatoms. The van der Waals surface area contributed by atoms with E-state index in [4.69, 9.17) is 0 Å². The van der Waals surface area contributed by atoms with Gasteiger partial charge >= 0.3 is 0 Å². The fourth-order valence-electron chi connectivity index (χ4n) is 2.33. The third kappa shape index (κ3) is 2.85. The summed E-state index contributed by atoms with van der Waals surface area (Å²) >= 11 is 0. The van der Waals surface area contributed by atoms with Crippen LogP contribution in [0.25, 0.3) is 10.8 Å². The van der Waals surface area contributed by atoms with Crippen molar-refractivity contribution in [3.8, 4) is 0 Å². The van der Waals surface area contributed by atoms with Crippen molar-refractivity contribution >= 4 is 16.6 Å². The van der Waals surface area contributed by atoms with Crippen LogP contribution in [0.15, 0.2) is 30.5 Å². The molecule has 0 fully saturated rings. The third-order valence-electron chi connectivity index (χ3n) is 3.19. The van der Waals surface area contributed by atoms with Crippen LogP contribution in [0, 0.1) is 0 Å². The second-order valence-electron chi connectivity index (χ2n) is 4.52. The Morgan fingerprint density at radius 2 is 1.84 bits per heavy atom. The average molecular weight is 260 g/mol. The Hall–Kier alpha value is -1.65. The highest BCUT2D eigenvalue weighted by molar-refractivity contribution is 5.94. The minimum atomic E-state index is -0.0123. The molecule has 0 amide bonds. The Balaban J connectivity index is 2.53. The predicted octanol–water partition coefficient (Wildman–Crippen LogP) is 1.94. The summed E-state index contributed by atoms with van der Waals surface area (Å²) in [6, 6.07) is 7.94. The zero-order valence-electron chi connectivity index (χ0n) is 11.2. The minimum Gasteiger partial charge on any atom is -0.395 e. The molecule has 0 aliphatic heterocycles. The molecule has 0 aliphatic carbocycles. The van der Waals surface area contributed by atoms with E-state index in [9.17, 15) is 10.2 Å². The number of hydrogen-bond donors (Lipinski definition) is 2. The van der Waals surface area contributed by atoms with E-state index in [0.717, 1.165) is 35.1 Å². The first kappa shape index (κ1) is 13.8. The van der Waals surface area contributed by atoms with Crippen molar-refractivity contribution in [2.24, 2.45) is 0 Å². The zero-order valence-corrected chi connectivity index (χ0v) is 11.2. The lowest BCUT2D eigenvalue weighted by molar-refractivity contribution is 0.283. The van der Waals surface area contributed by atoms with E-state index in [2.05, 4.69) is 16.8 Å². The van der Waals surface area contributed by atoms with Crippen LogP contribution >= 0.6 is 0 Å². The lowest BCUT2D eigenvalue weighted by Crippen LogP contribution is -2.28. The predicted molar refractivity (Wildman–Crippen MR) is 77.3 cm³/mol. The van der Waals surface area contributed by atoms with Crippen molar-refractivity contribution in [3.63, 3.8) is 0 Å². The number of aliphatic hydroxyl groups is 2. The molecule has 2 aromatic rings. The molecule has 0 saturated carbocycles. The molecule has 0 bridgehead atoms. The summed E-state index contributed by atoms with van der Waals surface area (Å²) in [6.45, 7) is 3.63. The number of aliphatic hydroxyl groups excluding tert-OH is 2. The van der Waals surface area contributed by atoms with Gasteiger partial charge in [0.15, 0.2) is 0 Å². The number of fused-ring (bicyclic) bond motifs is 1. The van der Waals surface area contributed by atoms with Crippen LogP contribution in [-0.2, 0) is 6.61 Å². The SMILES string of the molecule is CCCN(CCO)c1ncc(CO)c2ccccc12. The van der Waals surface area contributed by atoms with Gasteiger partial charge < -0.3 is 15.1 Å². The Kier molecular flexibility index (Phi) is 4.71. The second-order valence-corrected chi connectivity index (χ2v) is 4.52. The smallest absolute Gasteiger partial charge is 0.136 e. The van der Waals surface area contributed by atoms with E-state index in [1.165, 1.54) is 0 Å². The van der Waals surface area contributed by atoms with E-state index in [0.29, 0.717) is 6.54 Å². The molecular formula is C15H20N2O2. The molecule has 0 atom stereocenters. The highest BCUT2D eigenvalue weighted by Gasteiger charge is 2.12. The molecule has 102 valence electrons. The van der Waals surface area contributed by atoms with Crippen LogP contribution < -0.4 is 4.90 Å². The van der Waals surface area contributed by atoms with Crippen LogP contribution in [0.5, 0.6) is 0 Å². The average Bonchev–Trinajstić information content (AvgIpc) is 2.46. The van der Waals surface area contributed by atoms with E-state index in [-0.39, 0.29) is 13.2 Å². The van der Waals surface area contributed by atoms with Crippen molar-refractivity contribution in [2.75, 3.05) is 24.6 Å². The van der Waals surface area contributed by atoms with Gasteiger partial charge in [0.1, 0.15) is 5.82 Å². The molecule has 0 spiro atoms. The van der Waals surface area contributed by atoms with Crippen LogP contribution in [0.2, 0.25) is 0 Å². The van der Waals surface area contributed by atoms with Crippen LogP contribution in [0.1, 0.15) is 18.9 Å². The molecule has 1 aromatic carbocycles. The first-order valence-corrected chi connectivity index (χ1v) is 6.65. The Labute approximate surface area is 113 Å². The van der Waals surface area contributed by atoms with Crippen molar-refractivity contribution in [1.82, 2.24) is 4.98 Å². The van der Waals surface area contributed by atoms with Crippen LogP contribution in [0.4, 0.5) is 5.82 Å². The minimum absolute atomic E-state index is 0.0123. The third-order valence-corrected chi connectivity index (χ3v) is 3.19. The first-order valence-electron chi connectivity index (χ1n) is 6.65. The Bertz CT molecular complexity index is 537.